The summed E-state index contributed by atoms with van der Waals surface area (Å²) >= 11 is 0. The molecular formula is C16H23N3O3. The summed E-state index contributed by atoms with van der Waals surface area (Å²) < 4.78 is 4.71. The molecule has 1 aliphatic heterocycles. The Kier molecular flexibility index (Phi) is 4.59. The van der Waals surface area contributed by atoms with Gasteiger partial charge in [-0.15, -0.1) is 0 Å². The maximum atomic E-state index is 12.0. The van der Waals surface area contributed by atoms with Crippen molar-refractivity contribution in [3.05, 3.63) is 23.8 Å². The summed E-state index contributed by atoms with van der Waals surface area (Å²) in [6.45, 7) is 4.65. The third-order valence-electron chi connectivity index (χ3n) is 3.90. The van der Waals surface area contributed by atoms with Crippen molar-refractivity contribution < 1.29 is 14.3 Å². The second-order valence-electron chi connectivity index (χ2n) is 6.20. The highest BCUT2D eigenvalue weighted by atomic mass is 16.5. The first-order valence-corrected chi connectivity index (χ1v) is 7.31. The molecule has 6 nitrogen and oxygen atoms in total. The molecule has 0 saturated heterocycles. The van der Waals surface area contributed by atoms with Crippen LogP contribution in [-0.2, 0) is 16.0 Å². The summed E-state index contributed by atoms with van der Waals surface area (Å²) in [5.41, 5.74) is 2.42. The Morgan fingerprint density at radius 3 is 2.77 bits per heavy atom. The molecule has 0 saturated carbocycles. The van der Waals surface area contributed by atoms with Crippen LogP contribution in [0.2, 0.25) is 0 Å². The molecule has 2 rings (SSSR count). The van der Waals surface area contributed by atoms with Crippen LogP contribution in [0.5, 0.6) is 0 Å². The third kappa shape index (κ3) is 3.50. The number of benzene rings is 1. The van der Waals surface area contributed by atoms with Crippen molar-refractivity contribution >= 4 is 23.4 Å². The van der Waals surface area contributed by atoms with E-state index in [1.165, 1.54) is 12.7 Å². The Balaban J connectivity index is 1.93. The molecule has 120 valence electrons. The standard InChI is InChI=1S/C16H23N3O3/c1-16(2,14(20)22-4)10-17-15(21)18-12-6-5-11-7-8-19(3)13(11)9-12/h5-6,9H,7-8,10H2,1-4H3,(H2,17,18,21). The number of methoxy groups -OCH3 is 1. The quantitative estimate of drug-likeness (QED) is 0.835. The van der Waals surface area contributed by atoms with Crippen LogP contribution in [0.3, 0.4) is 0 Å². The number of hydrogen-bond donors (Lipinski definition) is 2. The van der Waals surface area contributed by atoms with Crippen LogP contribution in [-0.4, -0.2) is 39.2 Å². The molecule has 1 aliphatic rings. The number of fused-ring (bicyclic) bond motifs is 1. The molecule has 0 radical (unpaired) electrons. The van der Waals surface area contributed by atoms with E-state index in [1.54, 1.807) is 13.8 Å². The minimum atomic E-state index is -0.760. The van der Waals surface area contributed by atoms with Gasteiger partial charge in [0.05, 0.1) is 12.5 Å². The van der Waals surface area contributed by atoms with Crippen LogP contribution in [0.25, 0.3) is 0 Å². The highest BCUT2D eigenvalue weighted by Crippen LogP contribution is 2.29. The van der Waals surface area contributed by atoms with Crippen LogP contribution in [0.4, 0.5) is 16.2 Å². The van der Waals surface area contributed by atoms with Gasteiger partial charge in [-0.05, 0) is 38.0 Å². The number of nitrogens with zero attached hydrogens (tertiary/aromatic N) is 1. The van der Waals surface area contributed by atoms with Gasteiger partial charge >= 0.3 is 12.0 Å². The first-order valence-electron chi connectivity index (χ1n) is 7.31. The largest absolute Gasteiger partial charge is 0.469 e. The smallest absolute Gasteiger partial charge is 0.319 e. The maximum Gasteiger partial charge on any atom is 0.319 e. The summed E-state index contributed by atoms with van der Waals surface area (Å²) in [6, 6.07) is 5.56. The summed E-state index contributed by atoms with van der Waals surface area (Å²) in [5, 5.41) is 5.49. The molecule has 1 aromatic carbocycles. The minimum absolute atomic E-state index is 0.205. The van der Waals surface area contributed by atoms with Crippen molar-refractivity contribution in [1.29, 1.82) is 0 Å². The Bertz CT molecular complexity index is 584. The third-order valence-corrected chi connectivity index (χ3v) is 3.90. The molecule has 1 heterocycles. The van der Waals surface area contributed by atoms with E-state index >= 15 is 0 Å². The average molecular weight is 305 g/mol. The fraction of sp³-hybridized carbons (Fsp3) is 0.500. The molecule has 2 amide bonds. The number of urea groups is 1. The van der Waals surface area contributed by atoms with Crippen LogP contribution in [0.15, 0.2) is 18.2 Å². The van der Waals surface area contributed by atoms with Gasteiger partial charge in [0.25, 0.3) is 0 Å². The average Bonchev–Trinajstić information content (AvgIpc) is 2.85. The van der Waals surface area contributed by atoms with Gasteiger partial charge in [0, 0.05) is 31.5 Å². The first-order chi connectivity index (χ1) is 10.3. The molecule has 22 heavy (non-hydrogen) atoms. The predicted octanol–water partition coefficient (Wildman–Crippen LogP) is 2.00. The Morgan fingerprint density at radius 2 is 2.09 bits per heavy atom. The topological polar surface area (TPSA) is 70.7 Å². The van der Waals surface area contributed by atoms with E-state index in [0.29, 0.717) is 0 Å². The monoisotopic (exact) mass is 305 g/mol. The second-order valence-corrected chi connectivity index (χ2v) is 6.20. The molecule has 2 N–H and O–H groups in total. The molecule has 1 aromatic rings. The number of likely N-dealkylation sites (N-methyl/N-ethyl adjacent to an activating group) is 1. The molecule has 6 heteroatoms. The van der Waals surface area contributed by atoms with Crippen LogP contribution < -0.4 is 15.5 Å². The van der Waals surface area contributed by atoms with Gasteiger partial charge in [0.2, 0.25) is 0 Å². The first kappa shape index (κ1) is 16.1. The number of anilines is 2. The number of amides is 2. The highest BCUT2D eigenvalue weighted by molar-refractivity contribution is 5.90. The Morgan fingerprint density at radius 1 is 1.36 bits per heavy atom. The SMILES string of the molecule is COC(=O)C(C)(C)CNC(=O)Nc1ccc2c(c1)N(C)CC2. The van der Waals surface area contributed by atoms with Crippen molar-refractivity contribution in [2.24, 2.45) is 5.41 Å². The van der Waals surface area contributed by atoms with Gasteiger partial charge in [-0.25, -0.2) is 4.79 Å². The van der Waals surface area contributed by atoms with Crippen molar-refractivity contribution in [2.45, 2.75) is 20.3 Å². The number of carbonyl (C=O) groups is 2. The van der Waals surface area contributed by atoms with Gasteiger partial charge in [-0.1, -0.05) is 6.07 Å². The molecule has 0 spiro atoms. The number of rotatable bonds is 4. The van der Waals surface area contributed by atoms with E-state index < -0.39 is 5.41 Å². The summed E-state index contributed by atoms with van der Waals surface area (Å²) in [7, 11) is 3.37. The summed E-state index contributed by atoms with van der Waals surface area (Å²) in [4.78, 5) is 25.7. The lowest BCUT2D eigenvalue weighted by molar-refractivity contribution is -0.150. The fourth-order valence-corrected chi connectivity index (χ4v) is 2.44. The molecule has 0 fully saturated rings. The van der Waals surface area contributed by atoms with Crippen molar-refractivity contribution in [3.8, 4) is 0 Å². The van der Waals surface area contributed by atoms with Crippen LogP contribution in [0.1, 0.15) is 19.4 Å². The van der Waals surface area contributed by atoms with E-state index in [1.807, 2.05) is 25.2 Å². The lowest BCUT2D eigenvalue weighted by Crippen LogP contribution is -2.41. The van der Waals surface area contributed by atoms with Crippen molar-refractivity contribution in [2.75, 3.05) is 37.5 Å². The van der Waals surface area contributed by atoms with Crippen LogP contribution in [0, 0.1) is 5.41 Å². The Labute approximate surface area is 130 Å². The van der Waals surface area contributed by atoms with Crippen molar-refractivity contribution in [1.82, 2.24) is 5.32 Å². The van der Waals surface area contributed by atoms with Gasteiger partial charge in [-0.2, -0.15) is 0 Å². The van der Waals surface area contributed by atoms with Crippen molar-refractivity contribution in [3.63, 3.8) is 0 Å². The number of carbonyl (C=O) groups excluding carboxylic acids is 2. The van der Waals surface area contributed by atoms with E-state index in [2.05, 4.69) is 15.5 Å². The zero-order chi connectivity index (χ0) is 16.3. The summed E-state index contributed by atoms with van der Waals surface area (Å²) in [5.74, 6) is -0.355. The maximum absolute atomic E-state index is 12.0. The molecular weight excluding hydrogens is 282 g/mol. The minimum Gasteiger partial charge on any atom is -0.469 e. The number of hydrogen-bond acceptors (Lipinski definition) is 4. The fourth-order valence-electron chi connectivity index (χ4n) is 2.44. The molecule has 0 unspecified atom stereocenters. The lowest BCUT2D eigenvalue weighted by Gasteiger charge is -2.22. The highest BCUT2D eigenvalue weighted by Gasteiger charge is 2.29. The number of nitrogens with one attached hydrogen (secondary N) is 2. The molecule has 0 bridgehead atoms. The second kappa shape index (κ2) is 6.25. The Hall–Kier alpha value is -2.24. The predicted molar refractivity (Wildman–Crippen MR) is 86.2 cm³/mol. The van der Waals surface area contributed by atoms with E-state index in [0.717, 1.165) is 24.3 Å². The summed E-state index contributed by atoms with van der Waals surface area (Å²) in [6.07, 6.45) is 1.03. The molecule has 0 aliphatic carbocycles. The van der Waals surface area contributed by atoms with Gasteiger partial charge in [0.15, 0.2) is 0 Å². The van der Waals surface area contributed by atoms with E-state index in [4.69, 9.17) is 4.74 Å². The van der Waals surface area contributed by atoms with Crippen LogP contribution >= 0.6 is 0 Å². The lowest BCUT2D eigenvalue weighted by atomic mass is 9.94. The van der Waals surface area contributed by atoms with E-state index in [-0.39, 0.29) is 18.5 Å². The molecule has 0 atom stereocenters. The number of ether oxygens (including phenoxy) is 1. The number of esters is 1. The van der Waals surface area contributed by atoms with Gasteiger partial charge in [0.1, 0.15) is 0 Å². The zero-order valence-electron chi connectivity index (χ0n) is 13.5. The zero-order valence-corrected chi connectivity index (χ0v) is 13.5. The molecule has 0 aromatic heterocycles. The van der Waals surface area contributed by atoms with E-state index in [9.17, 15) is 9.59 Å². The normalized spacial score (nSPS) is 13.5. The van der Waals surface area contributed by atoms with Gasteiger partial charge < -0.3 is 20.3 Å². The van der Waals surface area contributed by atoms with Gasteiger partial charge in [-0.3, -0.25) is 4.79 Å².